The third kappa shape index (κ3) is 5.11. The Morgan fingerprint density at radius 1 is 1.19 bits per heavy atom. The highest BCUT2D eigenvalue weighted by molar-refractivity contribution is 6.30. The lowest BCUT2D eigenvalue weighted by Crippen LogP contribution is -2.52. The van der Waals surface area contributed by atoms with Crippen LogP contribution in [0, 0.1) is 5.92 Å². The second kappa shape index (κ2) is 10.5. The van der Waals surface area contributed by atoms with E-state index in [9.17, 15) is 9.90 Å². The number of nitrogens with one attached hydrogen (secondary N) is 2. The van der Waals surface area contributed by atoms with E-state index in [1.165, 1.54) is 0 Å². The van der Waals surface area contributed by atoms with Crippen molar-refractivity contribution in [3.63, 3.8) is 0 Å². The molecule has 0 saturated carbocycles. The molecule has 0 unspecified atom stereocenters. The van der Waals surface area contributed by atoms with Gasteiger partial charge >= 0.3 is 0 Å². The molecule has 0 bridgehead atoms. The second-order valence-electron chi connectivity index (χ2n) is 8.75. The average Bonchev–Trinajstić information content (AvgIpc) is 3.08. The van der Waals surface area contributed by atoms with Crippen LogP contribution in [0.15, 0.2) is 48.5 Å². The molecule has 1 aliphatic rings. The van der Waals surface area contributed by atoms with E-state index in [1.807, 2.05) is 42.5 Å². The van der Waals surface area contributed by atoms with Crippen LogP contribution in [0.1, 0.15) is 37.3 Å². The lowest BCUT2D eigenvalue weighted by atomic mass is 9.69. The van der Waals surface area contributed by atoms with Gasteiger partial charge < -0.3 is 26.6 Å². The molecule has 0 spiro atoms. The van der Waals surface area contributed by atoms with Gasteiger partial charge in [-0.15, -0.1) is 0 Å². The van der Waals surface area contributed by atoms with Gasteiger partial charge in [-0.3, -0.25) is 4.79 Å². The van der Waals surface area contributed by atoms with Crippen LogP contribution in [0.25, 0.3) is 0 Å². The number of carbonyl (C=O) groups excluding carboxylic acids is 1. The molecule has 0 aromatic heterocycles. The molecule has 3 rings (SSSR count). The Bertz CT molecular complexity index is 925. The largest absolute Gasteiger partial charge is 0.394 e. The quantitative estimate of drug-likeness (QED) is 0.400. The Balaban J connectivity index is 2.04. The van der Waals surface area contributed by atoms with Crippen molar-refractivity contribution in [2.45, 2.75) is 49.9 Å². The molecule has 2 aromatic rings. The maximum atomic E-state index is 13.3. The zero-order valence-corrected chi connectivity index (χ0v) is 19.8. The zero-order chi connectivity index (χ0) is 23.5. The maximum absolute atomic E-state index is 13.3. The summed E-state index contributed by atoms with van der Waals surface area (Å²) in [6, 6.07) is 14.1. The number of aliphatic hydroxyl groups is 2. The molecule has 1 heterocycles. The van der Waals surface area contributed by atoms with Crippen LogP contribution in [-0.4, -0.2) is 47.5 Å². The van der Waals surface area contributed by atoms with Gasteiger partial charge in [0.25, 0.3) is 0 Å². The summed E-state index contributed by atoms with van der Waals surface area (Å²) in [4.78, 5) is 13.3. The summed E-state index contributed by atoms with van der Waals surface area (Å²) in [5.74, 6) is -0.490. The fourth-order valence-corrected chi connectivity index (χ4v) is 5.02. The number of hydrogen-bond acceptors (Lipinski definition) is 5. The van der Waals surface area contributed by atoms with E-state index >= 15 is 0 Å². The number of amides is 1. The Labute approximate surface area is 199 Å². The molecule has 0 radical (unpaired) electrons. The van der Waals surface area contributed by atoms with E-state index in [0.29, 0.717) is 10.0 Å². The van der Waals surface area contributed by atoms with Gasteiger partial charge in [-0.25, -0.2) is 0 Å². The number of hydrogen-bond donors (Lipinski definition) is 5. The maximum Gasteiger partial charge on any atom is 0.237 e. The van der Waals surface area contributed by atoms with Gasteiger partial charge in [-0.2, -0.15) is 0 Å². The Morgan fingerprint density at radius 3 is 2.47 bits per heavy atom. The fraction of sp³-hybridized carbons (Fsp3) is 0.458. The zero-order valence-electron chi connectivity index (χ0n) is 18.3. The first-order chi connectivity index (χ1) is 15.2. The van der Waals surface area contributed by atoms with Crippen LogP contribution in [-0.2, 0) is 10.3 Å². The minimum absolute atomic E-state index is 0.131. The van der Waals surface area contributed by atoms with E-state index in [2.05, 4.69) is 24.5 Å². The molecule has 174 valence electrons. The molecular formula is C24H31Cl2N3O3. The van der Waals surface area contributed by atoms with Crippen molar-refractivity contribution in [1.82, 2.24) is 10.6 Å². The average molecular weight is 480 g/mol. The smallest absolute Gasteiger partial charge is 0.237 e. The summed E-state index contributed by atoms with van der Waals surface area (Å²) in [6.07, 6.45) is -0.614. The standard InChI is InChI=1S/C24H31Cl2N3O3/c1-14(2)22-24(27,16-6-8-17(25)9-7-16)20(15-4-3-5-18(26)12-15)21(29-22)23(32)28-11-10-19(31)13-30/h3-9,12,14,19-22,29-31H,10-11,13,27H2,1-2H3,(H,28,32)/t19-,20-,21+,22-,24-/m0/s1. The van der Waals surface area contributed by atoms with Gasteiger partial charge in [0.15, 0.2) is 0 Å². The van der Waals surface area contributed by atoms with E-state index in [0.717, 1.165) is 11.1 Å². The molecular weight excluding hydrogens is 449 g/mol. The number of benzene rings is 2. The molecule has 1 saturated heterocycles. The predicted molar refractivity (Wildman–Crippen MR) is 128 cm³/mol. The molecule has 1 aliphatic heterocycles. The predicted octanol–water partition coefficient (Wildman–Crippen LogP) is 2.79. The van der Waals surface area contributed by atoms with Crippen LogP contribution in [0.3, 0.4) is 0 Å². The number of nitrogens with two attached hydrogens (primary N) is 1. The van der Waals surface area contributed by atoms with Crippen LogP contribution in [0.4, 0.5) is 0 Å². The van der Waals surface area contributed by atoms with Crippen molar-refractivity contribution in [3.8, 4) is 0 Å². The van der Waals surface area contributed by atoms with Gasteiger partial charge in [0, 0.05) is 28.5 Å². The van der Waals surface area contributed by atoms with E-state index in [-0.39, 0.29) is 37.4 Å². The summed E-state index contributed by atoms with van der Waals surface area (Å²) >= 11 is 12.4. The highest BCUT2D eigenvalue weighted by atomic mass is 35.5. The number of halogens is 2. The van der Waals surface area contributed by atoms with Gasteiger partial charge in [0.1, 0.15) is 0 Å². The second-order valence-corrected chi connectivity index (χ2v) is 9.63. The van der Waals surface area contributed by atoms with Crippen molar-refractivity contribution in [2.75, 3.05) is 13.2 Å². The summed E-state index contributed by atoms with van der Waals surface area (Å²) in [7, 11) is 0. The number of rotatable bonds is 8. The molecule has 1 amide bonds. The van der Waals surface area contributed by atoms with E-state index in [1.54, 1.807) is 6.07 Å². The van der Waals surface area contributed by atoms with Crippen LogP contribution in [0.5, 0.6) is 0 Å². The van der Waals surface area contributed by atoms with Gasteiger partial charge in [0.2, 0.25) is 5.91 Å². The van der Waals surface area contributed by atoms with Crippen molar-refractivity contribution < 1.29 is 15.0 Å². The Hall–Kier alpha value is -1.67. The van der Waals surface area contributed by atoms with Crippen molar-refractivity contribution in [1.29, 1.82) is 0 Å². The van der Waals surface area contributed by atoms with Crippen LogP contribution in [0.2, 0.25) is 10.0 Å². The molecule has 0 aliphatic carbocycles. The lowest BCUT2D eigenvalue weighted by Gasteiger charge is -2.39. The third-order valence-electron chi connectivity index (χ3n) is 6.21. The topological polar surface area (TPSA) is 108 Å². The SMILES string of the molecule is CC(C)[C@@H]1N[C@@H](C(=O)NCC[C@H](O)CO)[C@H](c2cccc(Cl)c2)[C@@]1(N)c1ccc(Cl)cc1. The summed E-state index contributed by atoms with van der Waals surface area (Å²) in [6.45, 7) is 4.04. The summed E-state index contributed by atoms with van der Waals surface area (Å²) < 4.78 is 0. The van der Waals surface area contributed by atoms with Gasteiger partial charge in [0.05, 0.1) is 24.3 Å². The van der Waals surface area contributed by atoms with Gasteiger partial charge in [-0.05, 0) is 47.7 Å². The van der Waals surface area contributed by atoms with E-state index in [4.69, 9.17) is 34.0 Å². The first kappa shape index (κ1) is 25.0. The summed E-state index contributed by atoms with van der Waals surface area (Å²) in [5.41, 5.74) is 8.06. The Morgan fingerprint density at radius 2 is 1.88 bits per heavy atom. The highest BCUT2D eigenvalue weighted by Gasteiger charge is 2.57. The molecule has 2 aromatic carbocycles. The first-order valence-corrected chi connectivity index (χ1v) is 11.6. The minimum Gasteiger partial charge on any atom is -0.394 e. The van der Waals surface area contributed by atoms with Crippen molar-refractivity contribution in [2.24, 2.45) is 11.7 Å². The Kier molecular flexibility index (Phi) is 8.20. The third-order valence-corrected chi connectivity index (χ3v) is 6.70. The molecule has 5 atom stereocenters. The summed E-state index contributed by atoms with van der Waals surface area (Å²) in [5, 5.41) is 26.2. The fourth-order valence-electron chi connectivity index (χ4n) is 4.70. The van der Waals surface area contributed by atoms with E-state index < -0.39 is 23.6 Å². The molecule has 8 heteroatoms. The van der Waals surface area contributed by atoms with Crippen LogP contribution >= 0.6 is 23.2 Å². The first-order valence-electron chi connectivity index (χ1n) is 10.8. The van der Waals surface area contributed by atoms with Crippen molar-refractivity contribution >= 4 is 29.1 Å². The highest BCUT2D eigenvalue weighted by Crippen LogP contribution is 2.47. The van der Waals surface area contributed by atoms with Gasteiger partial charge in [-0.1, -0.05) is 61.3 Å². The number of carbonyl (C=O) groups is 1. The monoisotopic (exact) mass is 479 g/mol. The lowest BCUT2D eigenvalue weighted by molar-refractivity contribution is -0.123. The normalized spacial score (nSPS) is 26.3. The molecule has 32 heavy (non-hydrogen) atoms. The van der Waals surface area contributed by atoms with Crippen LogP contribution < -0.4 is 16.4 Å². The molecule has 1 fully saturated rings. The van der Waals surface area contributed by atoms with Crippen molar-refractivity contribution in [3.05, 3.63) is 69.7 Å². The number of aliphatic hydroxyl groups excluding tert-OH is 2. The molecule has 6 nitrogen and oxygen atoms in total. The minimum atomic E-state index is -0.907. The molecule has 6 N–H and O–H groups in total.